The normalized spacial score (nSPS) is 12.9. The highest BCUT2D eigenvalue weighted by atomic mass is 15.2. The summed E-state index contributed by atoms with van der Waals surface area (Å²) in [6.07, 6.45) is 0. The molecule has 1 aliphatic heterocycles. The Labute approximate surface area is 369 Å². The zero-order valence-corrected chi connectivity index (χ0v) is 34.6. The molecule has 63 heavy (non-hydrogen) atoms. The molecule has 1 aliphatic carbocycles. The lowest BCUT2D eigenvalue weighted by atomic mass is 9.64. The van der Waals surface area contributed by atoms with Crippen molar-refractivity contribution in [3.63, 3.8) is 0 Å². The molecule has 10 aromatic rings. The quantitative estimate of drug-likeness (QED) is 0.158. The molecule has 0 fully saturated rings. The fourth-order valence-electron chi connectivity index (χ4n) is 10.4. The number of rotatable bonds is 7. The van der Waals surface area contributed by atoms with Crippen LogP contribution in [-0.4, -0.2) is 0 Å². The smallest absolute Gasteiger partial charge is 0.0755 e. The maximum absolute atomic E-state index is 2.49. The van der Waals surface area contributed by atoms with Gasteiger partial charge in [-0.25, -0.2) is 0 Å². The topological polar surface area (TPSA) is 6.48 Å². The zero-order valence-electron chi connectivity index (χ0n) is 34.6. The molecule has 2 heteroatoms. The first kappa shape index (κ1) is 36.6. The van der Waals surface area contributed by atoms with Gasteiger partial charge in [-0.05, 0) is 116 Å². The van der Waals surface area contributed by atoms with Crippen LogP contribution in [0.25, 0.3) is 44.5 Å². The van der Waals surface area contributed by atoms with E-state index in [-0.39, 0.29) is 0 Å². The standard InChI is InChI=1S/C61H42N2/c1-5-20-43(21-6-1)44-36-38-48(39-37-44)62(49-40-41-50(45-22-7-2-8-23-45)52(42-49)46-24-9-3-10-25-46)59-35-19-32-56-60(59)51-28-13-14-29-53(51)61(56)54-30-15-17-33-57(54)63(47-26-11-4-12-27-47)58-34-18-16-31-55(58)61/h1-42H. The minimum Gasteiger partial charge on any atom is -0.310 e. The van der Waals surface area contributed by atoms with Crippen molar-refractivity contribution < 1.29 is 0 Å². The first-order chi connectivity index (χ1) is 31.3. The van der Waals surface area contributed by atoms with E-state index in [0.717, 1.165) is 22.7 Å². The fraction of sp³-hybridized carbons (Fsp3) is 0.0164. The van der Waals surface area contributed by atoms with Gasteiger partial charge in [0.25, 0.3) is 0 Å². The lowest BCUT2D eigenvalue weighted by molar-refractivity contribution is 0.752. The molecule has 2 nitrogen and oxygen atoms in total. The van der Waals surface area contributed by atoms with E-state index in [4.69, 9.17) is 0 Å². The van der Waals surface area contributed by atoms with Gasteiger partial charge in [0.1, 0.15) is 0 Å². The lowest BCUT2D eigenvalue weighted by Gasteiger charge is -2.45. The number of nitrogens with zero attached hydrogens (tertiary/aromatic N) is 2. The Morgan fingerprint density at radius 3 is 1.41 bits per heavy atom. The van der Waals surface area contributed by atoms with Crippen LogP contribution in [0.4, 0.5) is 34.1 Å². The Morgan fingerprint density at radius 2 is 0.778 bits per heavy atom. The summed E-state index contributed by atoms with van der Waals surface area (Å²) in [5, 5.41) is 0. The highest BCUT2D eigenvalue weighted by Crippen LogP contribution is 2.65. The molecular weight excluding hydrogens is 761 g/mol. The van der Waals surface area contributed by atoms with Crippen molar-refractivity contribution in [1.29, 1.82) is 0 Å². The van der Waals surface area contributed by atoms with Crippen LogP contribution in [0.5, 0.6) is 0 Å². The van der Waals surface area contributed by atoms with Gasteiger partial charge in [-0.15, -0.1) is 0 Å². The van der Waals surface area contributed by atoms with Gasteiger partial charge in [-0.1, -0.05) is 200 Å². The van der Waals surface area contributed by atoms with Crippen LogP contribution in [0, 0.1) is 0 Å². The summed E-state index contributed by atoms with van der Waals surface area (Å²) in [6, 6.07) is 93.3. The SMILES string of the molecule is c1ccc(-c2ccc(N(c3ccc(-c4ccccc4)c(-c4ccccc4)c3)c3cccc4c3-c3ccccc3C43c4ccccc4N(c4ccccc4)c4ccccc43)cc2)cc1. The molecule has 0 saturated carbocycles. The average molecular weight is 803 g/mol. The van der Waals surface area contributed by atoms with E-state index in [1.807, 2.05) is 0 Å². The van der Waals surface area contributed by atoms with Crippen LogP contribution in [0.15, 0.2) is 255 Å². The van der Waals surface area contributed by atoms with E-state index in [1.165, 1.54) is 78.1 Å². The number of para-hydroxylation sites is 3. The lowest BCUT2D eigenvalue weighted by Crippen LogP contribution is -2.36. The number of benzene rings is 10. The van der Waals surface area contributed by atoms with Gasteiger partial charge in [0.05, 0.1) is 22.5 Å². The molecule has 2 aliphatic rings. The molecule has 0 saturated heterocycles. The van der Waals surface area contributed by atoms with E-state index < -0.39 is 5.41 Å². The first-order valence-electron chi connectivity index (χ1n) is 21.8. The highest BCUT2D eigenvalue weighted by molar-refractivity contribution is 6.02. The van der Waals surface area contributed by atoms with Crippen molar-refractivity contribution in [3.8, 4) is 44.5 Å². The Kier molecular flexibility index (Phi) is 8.76. The summed E-state index contributed by atoms with van der Waals surface area (Å²) in [6.45, 7) is 0. The van der Waals surface area contributed by atoms with Crippen LogP contribution < -0.4 is 9.80 Å². The number of anilines is 6. The Morgan fingerprint density at radius 1 is 0.302 bits per heavy atom. The summed E-state index contributed by atoms with van der Waals surface area (Å²) in [4.78, 5) is 4.93. The van der Waals surface area contributed by atoms with E-state index >= 15 is 0 Å². The van der Waals surface area contributed by atoms with Crippen molar-refractivity contribution in [1.82, 2.24) is 0 Å². The van der Waals surface area contributed by atoms with Crippen molar-refractivity contribution in [3.05, 3.63) is 277 Å². The molecule has 1 spiro atoms. The minimum atomic E-state index is -0.574. The van der Waals surface area contributed by atoms with Gasteiger partial charge in [0.2, 0.25) is 0 Å². The molecule has 0 atom stereocenters. The third kappa shape index (κ3) is 5.80. The molecule has 0 bridgehead atoms. The second-order valence-electron chi connectivity index (χ2n) is 16.4. The van der Waals surface area contributed by atoms with Gasteiger partial charge in [0.15, 0.2) is 0 Å². The molecule has 10 aromatic carbocycles. The molecule has 296 valence electrons. The molecule has 0 unspecified atom stereocenters. The van der Waals surface area contributed by atoms with Gasteiger partial charge in [-0.3, -0.25) is 0 Å². The maximum Gasteiger partial charge on any atom is 0.0755 e. The highest BCUT2D eigenvalue weighted by Gasteiger charge is 2.52. The Balaban J connectivity index is 1.14. The molecule has 0 radical (unpaired) electrons. The number of hydrogen-bond acceptors (Lipinski definition) is 2. The molecule has 12 rings (SSSR count). The number of hydrogen-bond donors (Lipinski definition) is 0. The summed E-state index contributed by atoms with van der Waals surface area (Å²) in [5.41, 5.74) is 21.0. The second-order valence-corrected chi connectivity index (χ2v) is 16.4. The maximum atomic E-state index is 2.49. The van der Waals surface area contributed by atoms with E-state index in [9.17, 15) is 0 Å². The third-order valence-electron chi connectivity index (χ3n) is 13.1. The molecule has 1 heterocycles. The van der Waals surface area contributed by atoms with Crippen LogP contribution in [0.3, 0.4) is 0 Å². The van der Waals surface area contributed by atoms with Crippen LogP contribution in [0.1, 0.15) is 22.3 Å². The van der Waals surface area contributed by atoms with Crippen LogP contribution in [-0.2, 0) is 5.41 Å². The minimum absolute atomic E-state index is 0.574. The van der Waals surface area contributed by atoms with E-state index in [2.05, 4.69) is 265 Å². The number of fused-ring (bicyclic) bond motifs is 9. The second kappa shape index (κ2) is 15.1. The van der Waals surface area contributed by atoms with Crippen LogP contribution in [0.2, 0.25) is 0 Å². The van der Waals surface area contributed by atoms with Crippen LogP contribution >= 0.6 is 0 Å². The monoisotopic (exact) mass is 802 g/mol. The Bertz CT molecular complexity index is 3220. The van der Waals surface area contributed by atoms with Gasteiger partial charge in [-0.2, -0.15) is 0 Å². The van der Waals surface area contributed by atoms with Crippen molar-refractivity contribution in [2.75, 3.05) is 9.80 Å². The predicted molar refractivity (Wildman–Crippen MR) is 263 cm³/mol. The molecule has 0 amide bonds. The van der Waals surface area contributed by atoms with Gasteiger partial charge >= 0.3 is 0 Å². The van der Waals surface area contributed by atoms with Gasteiger partial charge in [0, 0.05) is 22.6 Å². The van der Waals surface area contributed by atoms with Gasteiger partial charge < -0.3 is 9.80 Å². The summed E-state index contributed by atoms with van der Waals surface area (Å²) >= 11 is 0. The summed E-state index contributed by atoms with van der Waals surface area (Å²) in [5.74, 6) is 0. The summed E-state index contributed by atoms with van der Waals surface area (Å²) < 4.78 is 0. The van der Waals surface area contributed by atoms with Crippen molar-refractivity contribution in [2.24, 2.45) is 0 Å². The van der Waals surface area contributed by atoms with Crippen molar-refractivity contribution >= 4 is 34.1 Å². The zero-order chi connectivity index (χ0) is 41.7. The van der Waals surface area contributed by atoms with E-state index in [0.29, 0.717) is 0 Å². The molecular formula is C61H42N2. The third-order valence-corrected chi connectivity index (χ3v) is 13.1. The Hall–Kier alpha value is -8.20. The fourth-order valence-corrected chi connectivity index (χ4v) is 10.4. The predicted octanol–water partition coefficient (Wildman–Crippen LogP) is 16.3. The molecule has 0 aromatic heterocycles. The first-order valence-corrected chi connectivity index (χ1v) is 21.8. The molecule has 0 N–H and O–H groups in total. The largest absolute Gasteiger partial charge is 0.310 e. The van der Waals surface area contributed by atoms with Crippen molar-refractivity contribution in [2.45, 2.75) is 5.41 Å². The average Bonchev–Trinajstić information content (AvgIpc) is 3.67. The van der Waals surface area contributed by atoms with E-state index in [1.54, 1.807) is 0 Å². The summed E-state index contributed by atoms with van der Waals surface area (Å²) in [7, 11) is 0.